The first-order valence-corrected chi connectivity index (χ1v) is 7.15. The lowest BCUT2D eigenvalue weighted by atomic mass is 10.1. The third kappa shape index (κ3) is 4.59. The van der Waals surface area contributed by atoms with E-state index in [0.29, 0.717) is 6.42 Å². The van der Waals surface area contributed by atoms with E-state index in [-0.39, 0.29) is 10.9 Å². The highest BCUT2D eigenvalue weighted by Gasteiger charge is 2.23. The van der Waals surface area contributed by atoms with Gasteiger partial charge in [0.2, 0.25) is 5.01 Å². The van der Waals surface area contributed by atoms with E-state index in [4.69, 9.17) is 0 Å². The molecule has 1 heterocycles. The lowest BCUT2D eigenvalue weighted by Gasteiger charge is -2.14. The average molecular weight is 285 g/mol. The van der Waals surface area contributed by atoms with Crippen molar-refractivity contribution < 1.29 is 14.3 Å². The van der Waals surface area contributed by atoms with Gasteiger partial charge in [-0.15, -0.1) is 10.2 Å². The highest BCUT2D eigenvalue weighted by molar-refractivity contribution is 7.13. The van der Waals surface area contributed by atoms with Gasteiger partial charge in [0, 0.05) is 0 Å². The van der Waals surface area contributed by atoms with Gasteiger partial charge in [-0.3, -0.25) is 4.79 Å². The number of methoxy groups -OCH3 is 1. The molecule has 1 aromatic rings. The fraction of sp³-hybridized carbons (Fsp3) is 0.667. The third-order valence-corrected chi connectivity index (χ3v) is 3.67. The SMILES string of the molecule is CCCCC(NC(=O)c1nnc(CC)s1)C(=O)OC. The van der Waals surface area contributed by atoms with Gasteiger partial charge in [0.05, 0.1) is 7.11 Å². The number of aromatic nitrogens is 2. The normalized spacial score (nSPS) is 11.9. The summed E-state index contributed by atoms with van der Waals surface area (Å²) >= 11 is 1.24. The van der Waals surface area contributed by atoms with E-state index in [1.54, 1.807) is 0 Å². The summed E-state index contributed by atoms with van der Waals surface area (Å²) < 4.78 is 4.69. The van der Waals surface area contributed by atoms with Crippen LogP contribution in [0.15, 0.2) is 0 Å². The van der Waals surface area contributed by atoms with Crippen molar-refractivity contribution in [1.29, 1.82) is 0 Å². The van der Waals surface area contributed by atoms with Crippen LogP contribution in [0, 0.1) is 0 Å². The Morgan fingerprint density at radius 2 is 2.11 bits per heavy atom. The zero-order chi connectivity index (χ0) is 14.3. The van der Waals surface area contributed by atoms with Gasteiger partial charge >= 0.3 is 5.97 Å². The molecule has 0 bridgehead atoms. The van der Waals surface area contributed by atoms with Gasteiger partial charge in [-0.25, -0.2) is 4.79 Å². The fourth-order valence-corrected chi connectivity index (χ4v) is 2.19. The molecule has 1 aromatic heterocycles. The van der Waals surface area contributed by atoms with Crippen LogP contribution in [0.4, 0.5) is 0 Å². The number of hydrogen-bond donors (Lipinski definition) is 1. The lowest BCUT2D eigenvalue weighted by molar-refractivity contribution is -0.143. The molecule has 0 saturated heterocycles. The number of hydrogen-bond acceptors (Lipinski definition) is 6. The number of rotatable bonds is 7. The number of carbonyl (C=O) groups excluding carboxylic acids is 2. The van der Waals surface area contributed by atoms with Crippen LogP contribution in [0.25, 0.3) is 0 Å². The maximum absolute atomic E-state index is 12.0. The molecular weight excluding hydrogens is 266 g/mol. The summed E-state index contributed by atoms with van der Waals surface area (Å²) in [5.41, 5.74) is 0. The van der Waals surface area contributed by atoms with Gasteiger partial charge < -0.3 is 10.1 Å². The second-order valence-electron chi connectivity index (χ2n) is 4.05. The molecule has 0 saturated carbocycles. The molecule has 19 heavy (non-hydrogen) atoms. The van der Waals surface area contributed by atoms with Gasteiger partial charge in [-0.2, -0.15) is 0 Å². The van der Waals surface area contributed by atoms with Crippen LogP contribution < -0.4 is 5.32 Å². The fourth-order valence-electron chi connectivity index (χ4n) is 1.51. The lowest BCUT2D eigenvalue weighted by Crippen LogP contribution is -2.41. The first kappa shape index (κ1) is 15.6. The highest BCUT2D eigenvalue weighted by Crippen LogP contribution is 2.11. The van der Waals surface area contributed by atoms with Crippen LogP contribution in [-0.2, 0) is 16.0 Å². The summed E-state index contributed by atoms with van der Waals surface area (Å²) in [7, 11) is 1.31. The monoisotopic (exact) mass is 285 g/mol. The molecule has 0 aliphatic heterocycles. The number of carbonyl (C=O) groups is 2. The Bertz CT molecular complexity index is 434. The molecule has 106 valence electrons. The number of nitrogens with one attached hydrogen (secondary N) is 1. The van der Waals surface area contributed by atoms with Gasteiger partial charge in [0.1, 0.15) is 11.0 Å². The van der Waals surface area contributed by atoms with Crippen molar-refractivity contribution in [3.05, 3.63) is 10.0 Å². The molecule has 0 fully saturated rings. The van der Waals surface area contributed by atoms with Crippen molar-refractivity contribution in [2.45, 2.75) is 45.6 Å². The molecular formula is C12H19N3O3S. The molecule has 6 nitrogen and oxygen atoms in total. The molecule has 1 N–H and O–H groups in total. The minimum absolute atomic E-state index is 0.280. The summed E-state index contributed by atoms with van der Waals surface area (Å²) in [6, 6.07) is -0.619. The Kier molecular flexibility index (Phi) is 6.41. The number of unbranched alkanes of at least 4 members (excludes halogenated alkanes) is 1. The Balaban J connectivity index is 2.66. The van der Waals surface area contributed by atoms with Gasteiger partial charge in [0.15, 0.2) is 0 Å². The number of nitrogens with zero attached hydrogens (tertiary/aromatic N) is 2. The maximum atomic E-state index is 12.0. The minimum Gasteiger partial charge on any atom is -0.467 e. The van der Waals surface area contributed by atoms with E-state index in [1.807, 2.05) is 13.8 Å². The van der Waals surface area contributed by atoms with Crippen molar-refractivity contribution in [3.63, 3.8) is 0 Å². The molecule has 0 aliphatic rings. The van der Waals surface area contributed by atoms with E-state index in [0.717, 1.165) is 24.3 Å². The predicted octanol–water partition coefficient (Wildman–Crippen LogP) is 1.56. The standard InChI is InChI=1S/C12H19N3O3S/c1-4-6-7-8(12(17)18-3)13-10(16)11-15-14-9(5-2)19-11/h8H,4-7H2,1-3H3,(H,13,16). The quantitative estimate of drug-likeness (QED) is 0.769. The smallest absolute Gasteiger partial charge is 0.328 e. The van der Waals surface area contributed by atoms with Crippen LogP contribution in [0.2, 0.25) is 0 Å². The van der Waals surface area contributed by atoms with Crippen molar-refractivity contribution in [2.24, 2.45) is 0 Å². The van der Waals surface area contributed by atoms with Crippen molar-refractivity contribution >= 4 is 23.2 Å². The summed E-state index contributed by atoms with van der Waals surface area (Å²) in [6.07, 6.45) is 3.09. The number of ether oxygens (including phenoxy) is 1. The highest BCUT2D eigenvalue weighted by atomic mass is 32.1. The van der Waals surface area contributed by atoms with E-state index in [2.05, 4.69) is 20.3 Å². The van der Waals surface area contributed by atoms with Crippen molar-refractivity contribution in [3.8, 4) is 0 Å². The summed E-state index contributed by atoms with van der Waals surface area (Å²) in [5, 5.41) is 11.4. The maximum Gasteiger partial charge on any atom is 0.328 e. The van der Waals surface area contributed by atoms with Crippen LogP contribution in [0.1, 0.15) is 47.9 Å². The van der Waals surface area contributed by atoms with Crippen LogP contribution in [0.5, 0.6) is 0 Å². The predicted molar refractivity (Wildman–Crippen MR) is 72.1 cm³/mol. The number of amides is 1. The summed E-state index contributed by atoms with van der Waals surface area (Å²) in [6.45, 7) is 3.97. The second kappa shape index (κ2) is 7.83. The molecule has 0 radical (unpaired) electrons. The first-order chi connectivity index (χ1) is 9.12. The molecule has 0 aromatic carbocycles. The molecule has 1 rings (SSSR count). The molecule has 0 spiro atoms. The van der Waals surface area contributed by atoms with Crippen LogP contribution >= 0.6 is 11.3 Å². The molecule has 1 amide bonds. The minimum atomic E-state index is -0.619. The van der Waals surface area contributed by atoms with Crippen molar-refractivity contribution in [2.75, 3.05) is 7.11 Å². The Labute approximate surface area is 116 Å². The Morgan fingerprint density at radius 1 is 1.37 bits per heavy atom. The Hall–Kier alpha value is -1.50. The van der Waals surface area contributed by atoms with Gasteiger partial charge in [0.25, 0.3) is 5.91 Å². The number of aryl methyl sites for hydroxylation is 1. The van der Waals surface area contributed by atoms with E-state index < -0.39 is 12.0 Å². The molecule has 1 unspecified atom stereocenters. The van der Waals surface area contributed by atoms with Crippen LogP contribution in [0.3, 0.4) is 0 Å². The topological polar surface area (TPSA) is 81.2 Å². The average Bonchev–Trinajstić information content (AvgIpc) is 2.91. The molecule has 7 heteroatoms. The van der Waals surface area contributed by atoms with E-state index in [1.165, 1.54) is 18.4 Å². The van der Waals surface area contributed by atoms with Gasteiger partial charge in [-0.1, -0.05) is 38.0 Å². The molecule has 0 aliphatic carbocycles. The Morgan fingerprint density at radius 3 is 2.63 bits per heavy atom. The number of esters is 1. The van der Waals surface area contributed by atoms with Crippen molar-refractivity contribution in [1.82, 2.24) is 15.5 Å². The summed E-state index contributed by atoms with van der Waals surface area (Å²) in [5.74, 6) is -0.800. The first-order valence-electron chi connectivity index (χ1n) is 6.33. The largest absolute Gasteiger partial charge is 0.467 e. The van der Waals surface area contributed by atoms with Gasteiger partial charge in [-0.05, 0) is 12.8 Å². The van der Waals surface area contributed by atoms with Crippen LogP contribution in [-0.4, -0.2) is 35.2 Å². The second-order valence-corrected chi connectivity index (χ2v) is 5.11. The molecule has 1 atom stereocenters. The van der Waals surface area contributed by atoms with E-state index >= 15 is 0 Å². The summed E-state index contributed by atoms with van der Waals surface area (Å²) in [4.78, 5) is 23.5. The third-order valence-electron chi connectivity index (χ3n) is 2.60. The van der Waals surface area contributed by atoms with E-state index in [9.17, 15) is 9.59 Å². The zero-order valence-electron chi connectivity index (χ0n) is 11.4. The zero-order valence-corrected chi connectivity index (χ0v) is 12.2.